The van der Waals surface area contributed by atoms with Gasteiger partial charge >= 0.3 is 0 Å². The minimum absolute atomic E-state index is 0.607. The summed E-state index contributed by atoms with van der Waals surface area (Å²) in [4.78, 5) is 0. The average Bonchev–Trinajstić information content (AvgIpc) is 2.36. The van der Waals surface area contributed by atoms with Crippen LogP contribution in [0.2, 0.25) is 0 Å². The van der Waals surface area contributed by atoms with Gasteiger partial charge in [-0.05, 0) is 56.5 Å². The van der Waals surface area contributed by atoms with Crippen molar-refractivity contribution in [2.45, 2.75) is 39.5 Å². The number of ether oxygens (including phenoxy) is 1. The largest absolute Gasteiger partial charge is 0.494 e. The van der Waals surface area contributed by atoms with Gasteiger partial charge in [-0.2, -0.15) is 0 Å². The average molecular weight is 235 g/mol. The number of rotatable bonds is 8. The van der Waals surface area contributed by atoms with E-state index in [1.807, 2.05) is 6.92 Å². The van der Waals surface area contributed by atoms with E-state index in [1.165, 1.54) is 18.4 Å². The van der Waals surface area contributed by atoms with Gasteiger partial charge in [0.2, 0.25) is 0 Å². The zero-order valence-corrected chi connectivity index (χ0v) is 11.3. The van der Waals surface area contributed by atoms with E-state index in [0.717, 1.165) is 25.4 Å². The van der Waals surface area contributed by atoms with Gasteiger partial charge in [-0.25, -0.2) is 0 Å². The highest BCUT2D eigenvalue weighted by atomic mass is 16.5. The maximum atomic E-state index is 5.44. The summed E-state index contributed by atoms with van der Waals surface area (Å²) in [7, 11) is 0. The molecule has 17 heavy (non-hydrogen) atoms. The Morgan fingerprint density at radius 3 is 2.41 bits per heavy atom. The monoisotopic (exact) mass is 235 g/mol. The lowest BCUT2D eigenvalue weighted by atomic mass is 9.98. The molecule has 0 amide bonds. The van der Waals surface area contributed by atoms with Crippen LogP contribution in [0.1, 0.15) is 45.1 Å². The van der Waals surface area contributed by atoms with E-state index in [4.69, 9.17) is 4.74 Å². The maximum absolute atomic E-state index is 5.44. The molecular formula is C15H25NO. The van der Waals surface area contributed by atoms with Crippen molar-refractivity contribution in [1.29, 1.82) is 0 Å². The topological polar surface area (TPSA) is 21.3 Å². The van der Waals surface area contributed by atoms with Crippen LogP contribution in [-0.2, 0) is 0 Å². The lowest BCUT2D eigenvalue weighted by Crippen LogP contribution is -2.17. The smallest absolute Gasteiger partial charge is 0.119 e. The zero-order chi connectivity index (χ0) is 12.5. The van der Waals surface area contributed by atoms with E-state index in [-0.39, 0.29) is 0 Å². The molecule has 1 aromatic carbocycles. The van der Waals surface area contributed by atoms with Crippen molar-refractivity contribution in [3.63, 3.8) is 0 Å². The SMILES string of the molecule is CCCNCCC(C)c1ccc(OCC)cc1. The van der Waals surface area contributed by atoms with Crippen molar-refractivity contribution in [2.24, 2.45) is 0 Å². The second-order valence-corrected chi connectivity index (χ2v) is 4.44. The Labute approximate surface area is 105 Å². The fourth-order valence-corrected chi connectivity index (χ4v) is 1.85. The van der Waals surface area contributed by atoms with Crippen LogP contribution in [0, 0.1) is 0 Å². The Morgan fingerprint density at radius 1 is 1.12 bits per heavy atom. The van der Waals surface area contributed by atoms with Crippen molar-refractivity contribution in [1.82, 2.24) is 5.32 Å². The molecule has 0 bridgehead atoms. The van der Waals surface area contributed by atoms with Gasteiger partial charge in [0, 0.05) is 0 Å². The third-order valence-electron chi connectivity index (χ3n) is 2.94. The summed E-state index contributed by atoms with van der Waals surface area (Å²) in [5.41, 5.74) is 1.40. The van der Waals surface area contributed by atoms with E-state index >= 15 is 0 Å². The summed E-state index contributed by atoms with van der Waals surface area (Å²) < 4.78 is 5.44. The highest BCUT2D eigenvalue weighted by Gasteiger charge is 2.05. The quantitative estimate of drug-likeness (QED) is 0.695. The molecule has 0 aliphatic rings. The van der Waals surface area contributed by atoms with Gasteiger partial charge in [-0.15, -0.1) is 0 Å². The normalized spacial score (nSPS) is 12.4. The van der Waals surface area contributed by atoms with Gasteiger partial charge in [0.15, 0.2) is 0 Å². The molecule has 1 N–H and O–H groups in total. The van der Waals surface area contributed by atoms with Crippen LogP contribution in [0.25, 0.3) is 0 Å². The molecule has 2 nitrogen and oxygen atoms in total. The molecule has 0 aromatic heterocycles. The lowest BCUT2D eigenvalue weighted by molar-refractivity contribution is 0.340. The molecule has 1 aromatic rings. The summed E-state index contributed by atoms with van der Waals surface area (Å²) in [5.74, 6) is 1.57. The Morgan fingerprint density at radius 2 is 1.82 bits per heavy atom. The summed E-state index contributed by atoms with van der Waals surface area (Å²) in [6.07, 6.45) is 2.39. The van der Waals surface area contributed by atoms with E-state index in [2.05, 4.69) is 43.4 Å². The van der Waals surface area contributed by atoms with Gasteiger partial charge < -0.3 is 10.1 Å². The molecule has 96 valence electrons. The Bertz CT molecular complexity index is 294. The number of nitrogens with one attached hydrogen (secondary N) is 1. The molecule has 0 radical (unpaired) electrons. The molecule has 0 heterocycles. The predicted molar refractivity (Wildman–Crippen MR) is 73.8 cm³/mol. The molecule has 0 spiro atoms. The van der Waals surface area contributed by atoms with Crippen molar-refractivity contribution < 1.29 is 4.74 Å². The highest BCUT2D eigenvalue weighted by molar-refractivity contribution is 5.29. The van der Waals surface area contributed by atoms with Crippen molar-refractivity contribution in [3.8, 4) is 5.75 Å². The first kappa shape index (κ1) is 14.0. The lowest BCUT2D eigenvalue weighted by Gasteiger charge is -2.13. The third kappa shape index (κ3) is 5.22. The first-order valence-electron chi connectivity index (χ1n) is 6.71. The van der Waals surface area contributed by atoms with Crippen LogP contribution in [0.4, 0.5) is 0 Å². The molecular weight excluding hydrogens is 210 g/mol. The van der Waals surface area contributed by atoms with Crippen molar-refractivity contribution in [3.05, 3.63) is 29.8 Å². The van der Waals surface area contributed by atoms with E-state index in [9.17, 15) is 0 Å². The van der Waals surface area contributed by atoms with Crippen LogP contribution in [-0.4, -0.2) is 19.7 Å². The first-order chi connectivity index (χ1) is 8.27. The Hall–Kier alpha value is -1.02. The van der Waals surface area contributed by atoms with E-state index < -0.39 is 0 Å². The summed E-state index contributed by atoms with van der Waals surface area (Å²) in [6, 6.07) is 8.48. The minimum atomic E-state index is 0.607. The summed E-state index contributed by atoms with van der Waals surface area (Å²) in [6.45, 7) is 9.44. The molecule has 0 fully saturated rings. The van der Waals surface area contributed by atoms with Crippen LogP contribution < -0.4 is 10.1 Å². The molecule has 1 unspecified atom stereocenters. The number of hydrogen-bond donors (Lipinski definition) is 1. The fraction of sp³-hybridized carbons (Fsp3) is 0.600. The predicted octanol–water partition coefficient (Wildman–Crippen LogP) is 3.58. The molecule has 1 rings (SSSR count). The van der Waals surface area contributed by atoms with Crippen LogP contribution in [0.15, 0.2) is 24.3 Å². The third-order valence-corrected chi connectivity index (χ3v) is 2.94. The molecule has 2 heteroatoms. The second kappa shape index (κ2) is 8.13. The van der Waals surface area contributed by atoms with Gasteiger partial charge in [-0.3, -0.25) is 0 Å². The zero-order valence-electron chi connectivity index (χ0n) is 11.3. The van der Waals surface area contributed by atoms with Crippen LogP contribution in [0.3, 0.4) is 0 Å². The number of hydrogen-bond acceptors (Lipinski definition) is 2. The van der Waals surface area contributed by atoms with Gasteiger partial charge in [0.1, 0.15) is 5.75 Å². The summed E-state index contributed by atoms with van der Waals surface area (Å²) >= 11 is 0. The van der Waals surface area contributed by atoms with Crippen LogP contribution in [0.5, 0.6) is 5.75 Å². The van der Waals surface area contributed by atoms with Crippen molar-refractivity contribution >= 4 is 0 Å². The van der Waals surface area contributed by atoms with Crippen molar-refractivity contribution in [2.75, 3.05) is 19.7 Å². The Balaban J connectivity index is 2.37. The standard InChI is InChI=1S/C15H25NO/c1-4-11-16-12-10-13(3)14-6-8-15(9-7-14)17-5-2/h6-9,13,16H,4-5,10-12H2,1-3H3. The molecule has 0 aliphatic carbocycles. The molecule has 1 atom stereocenters. The van der Waals surface area contributed by atoms with Gasteiger partial charge in [0.05, 0.1) is 6.61 Å². The molecule has 0 aliphatic heterocycles. The molecule has 0 saturated carbocycles. The van der Waals surface area contributed by atoms with Gasteiger partial charge in [0.25, 0.3) is 0 Å². The van der Waals surface area contributed by atoms with E-state index in [1.54, 1.807) is 0 Å². The number of benzene rings is 1. The summed E-state index contributed by atoms with van der Waals surface area (Å²) in [5, 5.41) is 3.44. The van der Waals surface area contributed by atoms with Gasteiger partial charge in [-0.1, -0.05) is 26.0 Å². The van der Waals surface area contributed by atoms with Crippen LogP contribution >= 0.6 is 0 Å². The second-order valence-electron chi connectivity index (χ2n) is 4.44. The molecule has 0 saturated heterocycles. The first-order valence-corrected chi connectivity index (χ1v) is 6.71. The highest BCUT2D eigenvalue weighted by Crippen LogP contribution is 2.21. The van der Waals surface area contributed by atoms with E-state index in [0.29, 0.717) is 5.92 Å². The Kier molecular flexibility index (Phi) is 6.71. The maximum Gasteiger partial charge on any atom is 0.119 e. The fourth-order valence-electron chi connectivity index (χ4n) is 1.85. The minimum Gasteiger partial charge on any atom is -0.494 e.